The highest BCUT2D eigenvalue weighted by Crippen LogP contribution is 2.25. The molecule has 1 amide bonds. The van der Waals surface area contributed by atoms with Crippen molar-refractivity contribution >= 4 is 46.1 Å². The van der Waals surface area contributed by atoms with Gasteiger partial charge in [-0.3, -0.25) is 9.59 Å². The van der Waals surface area contributed by atoms with Crippen LogP contribution in [0.15, 0.2) is 21.9 Å². The highest BCUT2D eigenvalue weighted by atomic mass is 32.2. The van der Waals surface area contributed by atoms with Crippen molar-refractivity contribution in [3.05, 3.63) is 33.0 Å². The fourth-order valence-corrected chi connectivity index (χ4v) is 4.14. The first-order chi connectivity index (χ1) is 9.54. The van der Waals surface area contributed by atoms with Gasteiger partial charge in [0.05, 0.1) is 17.2 Å². The Labute approximate surface area is 129 Å². The third-order valence-corrected chi connectivity index (χ3v) is 5.64. The molecule has 1 N–H and O–H groups in total. The average Bonchev–Trinajstić information content (AvgIpc) is 3.02. The van der Waals surface area contributed by atoms with Gasteiger partial charge in [-0.05, 0) is 19.1 Å². The summed E-state index contributed by atoms with van der Waals surface area (Å²) in [7, 11) is 0. The molecule has 0 aliphatic heterocycles. The van der Waals surface area contributed by atoms with Gasteiger partial charge in [0.15, 0.2) is 10.1 Å². The number of ketones is 1. The predicted octanol–water partition coefficient (Wildman–Crippen LogP) is 3.12. The maximum atomic E-state index is 12.1. The Morgan fingerprint density at radius 3 is 2.85 bits per heavy atom. The summed E-state index contributed by atoms with van der Waals surface area (Å²) in [6.45, 7) is 3.90. The van der Waals surface area contributed by atoms with Crippen LogP contribution in [0.5, 0.6) is 0 Å². The molecule has 0 aliphatic rings. The Morgan fingerprint density at radius 1 is 1.40 bits per heavy atom. The van der Waals surface area contributed by atoms with Crippen LogP contribution in [0.2, 0.25) is 0 Å². The zero-order valence-electron chi connectivity index (χ0n) is 11.1. The van der Waals surface area contributed by atoms with Crippen LogP contribution in [0.3, 0.4) is 0 Å². The number of hydrogen-bond donors (Lipinski definition) is 1. The van der Waals surface area contributed by atoms with Crippen molar-refractivity contribution in [3.8, 4) is 0 Å². The molecule has 0 radical (unpaired) electrons. The van der Waals surface area contributed by atoms with E-state index in [0.717, 1.165) is 19.8 Å². The Bertz CT molecular complexity index is 619. The maximum absolute atomic E-state index is 12.1. The van der Waals surface area contributed by atoms with Crippen molar-refractivity contribution < 1.29 is 9.59 Å². The minimum atomic E-state index is -0.0685. The van der Waals surface area contributed by atoms with E-state index in [9.17, 15) is 9.59 Å². The molecule has 0 spiro atoms. The van der Waals surface area contributed by atoms with E-state index in [-0.39, 0.29) is 11.7 Å². The number of hydrogen-bond acceptors (Lipinski definition) is 6. The molecule has 0 atom stereocenters. The molecule has 0 saturated heterocycles. The molecule has 0 aromatic carbocycles. The summed E-state index contributed by atoms with van der Waals surface area (Å²) in [4.78, 5) is 28.9. The first-order valence-corrected chi connectivity index (χ1v) is 8.64. The van der Waals surface area contributed by atoms with Crippen molar-refractivity contribution in [2.75, 3.05) is 5.75 Å². The molecule has 7 heteroatoms. The third-order valence-electron chi connectivity index (χ3n) is 2.37. The van der Waals surface area contributed by atoms with Crippen LogP contribution in [-0.2, 0) is 11.3 Å². The lowest BCUT2D eigenvalue weighted by Gasteiger charge is -1.98. The maximum Gasteiger partial charge on any atom is 0.217 e. The normalized spacial score (nSPS) is 10.5. The van der Waals surface area contributed by atoms with Crippen molar-refractivity contribution in [2.24, 2.45) is 0 Å². The molecule has 0 bridgehead atoms. The van der Waals surface area contributed by atoms with Gasteiger partial charge in [-0.15, -0.1) is 22.7 Å². The van der Waals surface area contributed by atoms with Crippen LogP contribution in [-0.4, -0.2) is 22.4 Å². The summed E-state index contributed by atoms with van der Waals surface area (Å²) in [6.07, 6.45) is 0. The van der Waals surface area contributed by atoms with E-state index >= 15 is 0 Å². The topological polar surface area (TPSA) is 59.1 Å². The number of thiophene rings is 1. The van der Waals surface area contributed by atoms with Crippen molar-refractivity contribution in [1.82, 2.24) is 10.3 Å². The van der Waals surface area contributed by atoms with Gasteiger partial charge in [-0.25, -0.2) is 4.98 Å². The number of amides is 1. The second-order valence-electron chi connectivity index (χ2n) is 4.14. The number of nitrogens with zero attached hydrogens (tertiary/aromatic N) is 1. The molecule has 2 heterocycles. The van der Waals surface area contributed by atoms with Gasteiger partial charge in [0.25, 0.3) is 0 Å². The number of rotatable bonds is 6. The van der Waals surface area contributed by atoms with E-state index < -0.39 is 0 Å². The van der Waals surface area contributed by atoms with Gasteiger partial charge in [0, 0.05) is 22.9 Å². The fraction of sp³-hybridized carbons (Fsp3) is 0.308. The molecule has 0 saturated carbocycles. The van der Waals surface area contributed by atoms with Crippen LogP contribution in [0.1, 0.15) is 27.2 Å². The number of aryl methyl sites for hydroxylation is 1. The second kappa shape index (κ2) is 7.01. The zero-order chi connectivity index (χ0) is 14.5. The lowest BCUT2D eigenvalue weighted by atomic mass is 10.3. The molecule has 0 fully saturated rings. The van der Waals surface area contributed by atoms with E-state index in [0.29, 0.717) is 12.3 Å². The molecular weight excluding hydrogens is 312 g/mol. The van der Waals surface area contributed by atoms with Crippen LogP contribution in [0.4, 0.5) is 0 Å². The molecule has 0 aliphatic carbocycles. The first kappa shape index (κ1) is 15.2. The van der Waals surface area contributed by atoms with Crippen LogP contribution in [0, 0.1) is 6.92 Å². The van der Waals surface area contributed by atoms with Crippen molar-refractivity contribution in [2.45, 2.75) is 24.7 Å². The largest absolute Gasteiger partial charge is 0.351 e. The number of thiazole rings is 1. The molecule has 20 heavy (non-hydrogen) atoms. The monoisotopic (exact) mass is 326 g/mol. The molecule has 2 aromatic rings. The minimum Gasteiger partial charge on any atom is -0.351 e. The van der Waals surface area contributed by atoms with Crippen LogP contribution in [0.25, 0.3) is 0 Å². The highest BCUT2D eigenvalue weighted by molar-refractivity contribution is 8.01. The van der Waals surface area contributed by atoms with E-state index in [1.54, 1.807) is 11.3 Å². The predicted molar refractivity (Wildman–Crippen MR) is 83.7 cm³/mol. The van der Waals surface area contributed by atoms with Gasteiger partial charge < -0.3 is 5.32 Å². The second-order valence-corrected chi connectivity index (χ2v) is 7.39. The summed E-state index contributed by atoms with van der Waals surface area (Å²) in [5, 5.41) is 4.70. The Kier molecular flexibility index (Phi) is 5.33. The smallest absolute Gasteiger partial charge is 0.217 e. The van der Waals surface area contributed by atoms with Crippen molar-refractivity contribution in [1.29, 1.82) is 0 Å². The lowest BCUT2D eigenvalue weighted by Crippen LogP contribution is -2.18. The lowest BCUT2D eigenvalue weighted by molar-refractivity contribution is -0.119. The summed E-state index contributed by atoms with van der Waals surface area (Å²) >= 11 is 4.45. The minimum absolute atomic E-state index is 0.0685. The average molecular weight is 326 g/mol. The summed E-state index contributed by atoms with van der Waals surface area (Å²) in [5.74, 6) is 0.426. The molecule has 2 rings (SSSR count). The third kappa shape index (κ3) is 4.43. The quantitative estimate of drug-likeness (QED) is 0.654. The van der Waals surface area contributed by atoms with Crippen molar-refractivity contribution in [3.63, 3.8) is 0 Å². The molecule has 4 nitrogen and oxygen atoms in total. The number of thioether (sulfide) groups is 1. The van der Waals surface area contributed by atoms with Gasteiger partial charge in [-0.2, -0.15) is 0 Å². The standard InChI is InChI=1S/C13H14N2O2S3/c1-8-6-18-13(15-8)19-7-11(17)12-4-3-10(20-12)5-14-9(2)16/h3-4,6H,5,7H2,1-2H3,(H,14,16). The zero-order valence-corrected chi connectivity index (χ0v) is 13.6. The van der Waals surface area contributed by atoms with E-state index in [2.05, 4.69) is 10.3 Å². The van der Waals surface area contributed by atoms with Crippen LogP contribution < -0.4 is 5.32 Å². The number of carbonyl (C=O) groups is 2. The van der Waals surface area contributed by atoms with Gasteiger partial charge in [0.1, 0.15) is 0 Å². The van der Waals surface area contributed by atoms with Gasteiger partial charge >= 0.3 is 0 Å². The molecular formula is C13H14N2O2S3. The Balaban J connectivity index is 1.87. The number of carbonyl (C=O) groups excluding carboxylic acids is 2. The number of nitrogens with one attached hydrogen (secondary N) is 1. The van der Waals surface area contributed by atoms with E-state index in [4.69, 9.17) is 0 Å². The Morgan fingerprint density at radius 2 is 2.20 bits per heavy atom. The SMILES string of the molecule is CC(=O)NCc1ccc(C(=O)CSc2nc(C)cs2)s1. The Hall–Kier alpha value is -1.18. The molecule has 106 valence electrons. The van der Waals surface area contributed by atoms with E-state index in [1.165, 1.54) is 30.0 Å². The van der Waals surface area contributed by atoms with Crippen LogP contribution >= 0.6 is 34.4 Å². The number of aromatic nitrogens is 1. The summed E-state index contributed by atoms with van der Waals surface area (Å²) in [5.41, 5.74) is 0.985. The summed E-state index contributed by atoms with van der Waals surface area (Å²) < 4.78 is 0.922. The van der Waals surface area contributed by atoms with Gasteiger partial charge in [-0.1, -0.05) is 11.8 Å². The fourth-order valence-electron chi connectivity index (χ4n) is 1.43. The first-order valence-electron chi connectivity index (χ1n) is 5.96. The highest BCUT2D eigenvalue weighted by Gasteiger charge is 2.11. The van der Waals surface area contributed by atoms with Gasteiger partial charge in [0.2, 0.25) is 5.91 Å². The van der Waals surface area contributed by atoms with E-state index in [1.807, 2.05) is 24.4 Å². The number of Topliss-reactive ketones (excluding diaryl/α,β-unsaturated/α-hetero) is 1. The summed E-state index contributed by atoms with van der Waals surface area (Å²) in [6, 6.07) is 3.70. The molecule has 2 aromatic heterocycles. The molecule has 0 unspecified atom stereocenters.